The number of carbonyl (C=O) groups excluding carboxylic acids is 1. The Morgan fingerprint density at radius 3 is 2.83 bits per heavy atom. The molecule has 24 heavy (non-hydrogen) atoms. The lowest BCUT2D eigenvalue weighted by Crippen LogP contribution is -2.36. The summed E-state index contributed by atoms with van der Waals surface area (Å²) in [6.07, 6.45) is 5.38. The maximum atomic E-state index is 12.7. The zero-order chi connectivity index (χ0) is 17.1. The molecule has 0 atom stereocenters. The second-order valence-electron chi connectivity index (χ2n) is 5.91. The van der Waals surface area contributed by atoms with E-state index in [-0.39, 0.29) is 17.8 Å². The molecule has 1 fully saturated rings. The lowest BCUT2D eigenvalue weighted by Gasteiger charge is -2.23. The molecule has 0 unspecified atom stereocenters. The molecule has 0 saturated heterocycles. The zero-order valence-electron chi connectivity index (χ0n) is 13.3. The van der Waals surface area contributed by atoms with Crippen LogP contribution < -0.4 is 5.32 Å². The highest BCUT2D eigenvalue weighted by Gasteiger charge is 2.33. The van der Waals surface area contributed by atoms with Gasteiger partial charge in [-0.25, -0.2) is 4.79 Å². The molecule has 7 nitrogen and oxygen atoms in total. The highest BCUT2D eigenvalue weighted by Crippen LogP contribution is 2.30. The number of pyridine rings is 1. The number of benzene rings is 1. The predicted octanol–water partition coefficient (Wildman–Crippen LogP) is 3.49. The van der Waals surface area contributed by atoms with Gasteiger partial charge in [-0.15, -0.1) is 0 Å². The van der Waals surface area contributed by atoms with Crippen LogP contribution in [0.15, 0.2) is 42.7 Å². The van der Waals surface area contributed by atoms with Gasteiger partial charge < -0.3 is 10.2 Å². The van der Waals surface area contributed by atoms with E-state index >= 15 is 0 Å². The Morgan fingerprint density at radius 1 is 1.42 bits per heavy atom. The molecule has 0 spiro atoms. The van der Waals surface area contributed by atoms with Crippen LogP contribution in [0.2, 0.25) is 0 Å². The molecule has 7 heteroatoms. The van der Waals surface area contributed by atoms with Gasteiger partial charge >= 0.3 is 6.03 Å². The molecular weight excluding hydrogens is 308 g/mol. The van der Waals surface area contributed by atoms with Crippen molar-refractivity contribution >= 4 is 17.4 Å². The Morgan fingerprint density at radius 2 is 2.21 bits per heavy atom. The third-order valence-electron chi connectivity index (χ3n) is 4.00. The third-order valence-corrected chi connectivity index (χ3v) is 4.00. The number of nitrogens with one attached hydrogen (secondary N) is 1. The number of amides is 2. The fourth-order valence-corrected chi connectivity index (χ4v) is 2.49. The van der Waals surface area contributed by atoms with E-state index < -0.39 is 4.92 Å². The normalized spacial score (nSPS) is 13.4. The van der Waals surface area contributed by atoms with E-state index in [4.69, 9.17) is 0 Å². The molecule has 1 aromatic carbocycles. The summed E-state index contributed by atoms with van der Waals surface area (Å²) in [5.74, 6) is 0. The van der Waals surface area contributed by atoms with E-state index in [1.54, 1.807) is 23.4 Å². The molecule has 2 amide bonds. The van der Waals surface area contributed by atoms with Crippen molar-refractivity contribution < 1.29 is 9.72 Å². The number of urea groups is 1. The average Bonchev–Trinajstić information content (AvgIpc) is 3.40. The van der Waals surface area contributed by atoms with Crippen molar-refractivity contribution in [3.05, 3.63) is 64.0 Å². The van der Waals surface area contributed by atoms with Crippen molar-refractivity contribution in [1.29, 1.82) is 0 Å². The SMILES string of the molecule is Cc1ccc([N+](=O)[O-])cc1NC(=O)N(Cc1cccnc1)C1CC1. The highest BCUT2D eigenvalue weighted by molar-refractivity contribution is 5.91. The number of nitro groups is 1. The van der Waals surface area contributed by atoms with Crippen LogP contribution in [0.1, 0.15) is 24.0 Å². The molecular formula is C17H18N4O3. The summed E-state index contributed by atoms with van der Waals surface area (Å²) in [7, 11) is 0. The number of hydrogen-bond donors (Lipinski definition) is 1. The van der Waals surface area contributed by atoms with Crippen molar-refractivity contribution in [2.24, 2.45) is 0 Å². The molecule has 1 N–H and O–H groups in total. The number of rotatable bonds is 5. The van der Waals surface area contributed by atoms with Crippen molar-refractivity contribution in [3.8, 4) is 0 Å². The molecule has 1 saturated carbocycles. The lowest BCUT2D eigenvalue weighted by atomic mass is 10.2. The van der Waals surface area contributed by atoms with Crippen LogP contribution >= 0.6 is 0 Å². The van der Waals surface area contributed by atoms with Gasteiger partial charge in [-0.3, -0.25) is 15.1 Å². The van der Waals surface area contributed by atoms with Crippen molar-refractivity contribution in [3.63, 3.8) is 0 Å². The molecule has 1 aliphatic rings. The molecule has 1 heterocycles. The summed E-state index contributed by atoms with van der Waals surface area (Å²) in [5.41, 5.74) is 2.16. The van der Waals surface area contributed by atoms with E-state index in [1.165, 1.54) is 12.1 Å². The Kier molecular flexibility index (Phi) is 4.41. The Bertz CT molecular complexity index is 760. The number of non-ortho nitro benzene ring substituents is 1. The Balaban J connectivity index is 1.77. The van der Waals surface area contributed by atoms with Crippen LogP contribution in [0, 0.1) is 17.0 Å². The number of anilines is 1. The smallest absolute Gasteiger partial charge is 0.317 e. The topological polar surface area (TPSA) is 88.4 Å². The summed E-state index contributed by atoms with van der Waals surface area (Å²) in [5, 5.41) is 13.7. The first kappa shape index (κ1) is 15.9. The third kappa shape index (κ3) is 3.68. The largest absolute Gasteiger partial charge is 0.322 e. The van der Waals surface area contributed by atoms with Crippen molar-refractivity contribution in [2.75, 3.05) is 5.32 Å². The van der Waals surface area contributed by atoms with Crippen LogP contribution in [0.5, 0.6) is 0 Å². The van der Waals surface area contributed by atoms with Gasteiger partial charge in [-0.1, -0.05) is 12.1 Å². The summed E-state index contributed by atoms with van der Waals surface area (Å²) in [6, 6.07) is 8.18. The first-order chi connectivity index (χ1) is 11.5. The molecule has 0 radical (unpaired) electrons. The summed E-state index contributed by atoms with van der Waals surface area (Å²) in [6.45, 7) is 2.28. The fourth-order valence-electron chi connectivity index (χ4n) is 2.49. The number of aryl methyl sites for hydroxylation is 1. The number of nitro benzene ring substituents is 1. The number of carbonyl (C=O) groups is 1. The molecule has 124 valence electrons. The van der Waals surface area contributed by atoms with Gasteiger partial charge in [0.05, 0.1) is 10.6 Å². The monoisotopic (exact) mass is 326 g/mol. The van der Waals surface area contributed by atoms with Gasteiger partial charge in [0.2, 0.25) is 0 Å². The van der Waals surface area contributed by atoms with Gasteiger partial charge in [0.25, 0.3) is 5.69 Å². The number of hydrogen-bond acceptors (Lipinski definition) is 4. The van der Waals surface area contributed by atoms with Crippen LogP contribution in [-0.2, 0) is 6.54 Å². The van der Waals surface area contributed by atoms with Crippen LogP contribution in [-0.4, -0.2) is 26.9 Å². The minimum Gasteiger partial charge on any atom is -0.317 e. The molecule has 3 rings (SSSR count). The highest BCUT2D eigenvalue weighted by atomic mass is 16.6. The zero-order valence-corrected chi connectivity index (χ0v) is 13.3. The standard InChI is InChI=1S/C17H18N4O3/c1-12-4-5-15(21(23)24)9-16(12)19-17(22)20(14-6-7-14)11-13-3-2-8-18-10-13/h2-5,8-10,14H,6-7,11H2,1H3,(H,19,22). The summed E-state index contributed by atoms with van der Waals surface area (Å²) >= 11 is 0. The van der Waals surface area contributed by atoms with Crippen molar-refractivity contribution in [1.82, 2.24) is 9.88 Å². The van der Waals surface area contributed by atoms with E-state index in [2.05, 4.69) is 10.3 Å². The quantitative estimate of drug-likeness (QED) is 0.673. The maximum Gasteiger partial charge on any atom is 0.322 e. The molecule has 1 aromatic heterocycles. The first-order valence-corrected chi connectivity index (χ1v) is 7.76. The predicted molar refractivity (Wildman–Crippen MR) is 89.7 cm³/mol. The van der Waals surface area contributed by atoms with E-state index in [1.807, 2.05) is 19.1 Å². The minimum absolute atomic E-state index is 0.0406. The van der Waals surface area contributed by atoms with Crippen molar-refractivity contribution in [2.45, 2.75) is 32.4 Å². The second-order valence-corrected chi connectivity index (χ2v) is 5.91. The average molecular weight is 326 g/mol. The van der Waals surface area contributed by atoms with Crippen LogP contribution in [0.4, 0.5) is 16.2 Å². The first-order valence-electron chi connectivity index (χ1n) is 7.76. The Labute approximate surface area is 139 Å². The van der Waals surface area contributed by atoms with Crippen LogP contribution in [0.25, 0.3) is 0 Å². The fraction of sp³-hybridized carbons (Fsp3) is 0.294. The van der Waals surface area contributed by atoms with Gasteiger partial charge in [0.1, 0.15) is 0 Å². The molecule has 0 aliphatic heterocycles. The maximum absolute atomic E-state index is 12.7. The van der Waals surface area contributed by atoms with E-state index in [0.717, 1.165) is 24.0 Å². The minimum atomic E-state index is -0.469. The second kappa shape index (κ2) is 6.66. The van der Waals surface area contributed by atoms with Gasteiger partial charge in [0.15, 0.2) is 0 Å². The number of nitrogens with zero attached hydrogens (tertiary/aromatic N) is 3. The summed E-state index contributed by atoms with van der Waals surface area (Å²) < 4.78 is 0. The van der Waals surface area contributed by atoms with Crippen LogP contribution in [0.3, 0.4) is 0 Å². The molecule has 2 aromatic rings. The van der Waals surface area contributed by atoms with Gasteiger partial charge in [-0.2, -0.15) is 0 Å². The molecule has 1 aliphatic carbocycles. The lowest BCUT2D eigenvalue weighted by molar-refractivity contribution is -0.384. The van der Waals surface area contributed by atoms with Gasteiger partial charge in [0, 0.05) is 37.1 Å². The number of aromatic nitrogens is 1. The Hall–Kier alpha value is -2.96. The summed E-state index contributed by atoms with van der Waals surface area (Å²) in [4.78, 5) is 28.9. The van der Waals surface area contributed by atoms with E-state index in [0.29, 0.717) is 12.2 Å². The van der Waals surface area contributed by atoms with Gasteiger partial charge in [-0.05, 0) is 37.0 Å². The molecule has 0 bridgehead atoms. The van der Waals surface area contributed by atoms with E-state index in [9.17, 15) is 14.9 Å².